The number of sulfonamides is 1. The molecular formula is C22H27N3O6S. The fraction of sp³-hybridized carbons (Fsp3) is 0.455. The van der Waals surface area contributed by atoms with Crippen molar-refractivity contribution in [3.05, 3.63) is 58.6 Å². The molecule has 0 unspecified atom stereocenters. The molecule has 0 radical (unpaired) electrons. The normalized spacial score (nSPS) is 18.4. The molecule has 0 aliphatic carbocycles. The summed E-state index contributed by atoms with van der Waals surface area (Å²) >= 11 is 0. The van der Waals surface area contributed by atoms with Crippen LogP contribution in [0.3, 0.4) is 0 Å². The van der Waals surface area contributed by atoms with Crippen LogP contribution in [0.5, 0.6) is 5.75 Å². The molecule has 2 fully saturated rings. The van der Waals surface area contributed by atoms with Crippen molar-refractivity contribution >= 4 is 21.4 Å². The number of rotatable bonds is 7. The molecule has 0 atom stereocenters. The maximum atomic E-state index is 12.9. The Morgan fingerprint density at radius 3 is 2.38 bits per heavy atom. The van der Waals surface area contributed by atoms with E-state index in [4.69, 9.17) is 9.47 Å². The summed E-state index contributed by atoms with van der Waals surface area (Å²) in [5, 5.41) is 11.8. The highest BCUT2D eigenvalue weighted by Crippen LogP contribution is 2.34. The Hall–Kier alpha value is -2.69. The predicted octanol–water partition coefficient (Wildman–Crippen LogP) is 2.91. The molecule has 10 heteroatoms. The first-order valence-corrected chi connectivity index (χ1v) is 12.2. The van der Waals surface area contributed by atoms with Gasteiger partial charge in [-0.3, -0.25) is 10.1 Å². The number of hydrogen-bond acceptors (Lipinski definition) is 7. The van der Waals surface area contributed by atoms with Crippen LogP contribution >= 0.6 is 0 Å². The fourth-order valence-electron chi connectivity index (χ4n) is 4.08. The Labute approximate surface area is 187 Å². The molecular weight excluding hydrogens is 434 g/mol. The molecule has 172 valence electrons. The Bertz CT molecular complexity index is 1030. The molecule has 2 aliphatic rings. The Balaban J connectivity index is 1.44. The zero-order valence-electron chi connectivity index (χ0n) is 17.8. The summed E-state index contributed by atoms with van der Waals surface area (Å²) in [5.74, 6) is 1.20. The standard InChI is InChI=1S/C22H27N3O6S/c26-25(27)22-16-20(32(28,29)24-12-14-30-15-13-24)6-7-21(22)23-10-8-18(9-11-23)17-31-19-4-2-1-3-5-19/h1-7,16,18H,8-15,17H2. The minimum absolute atomic E-state index is 0.0546. The molecule has 32 heavy (non-hydrogen) atoms. The van der Waals surface area contributed by atoms with Crippen LogP contribution < -0.4 is 9.64 Å². The number of para-hydroxylation sites is 1. The molecule has 0 N–H and O–H groups in total. The number of piperidine rings is 1. The highest BCUT2D eigenvalue weighted by atomic mass is 32.2. The van der Waals surface area contributed by atoms with Gasteiger partial charge in [0, 0.05) is 32.2 Å². The van der Waals surface area contributed by atoms with Crippen LogP contribution in [0.25, 0.3) is 0 Å². The van der Waals surface area contributed by atoms with Crippen molar-refractivity contribution in [3.63, 3.8) is 0 Å². The molecule has 2 saturated heterocycles. The van der Waals surface area contributed by atoms with E-state index in [0.29, 0.717) is 44.5 Å². The second-order valence-electron chi connectivity index (χ2n) is 7.98. The van der Waals surface area contributed by atoms with Gasteiger partial charge in [0.1, 0.15) is 11.4 Å². The zero-order valence-corrected chi connectivity index (χ0v) is 18.6. The largest absolute Gasteiger partial charge is 0.493 e. The average molecular weight is 462 g/mol. The van der Waals surface area contributed by atoms with Crippen molar-refractivity contribution in [1.82, 2.24) is 4.31 Å². The van der Waals surface area contributed by atoms with Gasteiger partial charge in [-0.1, -0.05) is 18.2 Å². The Morgan fingerprint density at radius 2 is 1.72 bits per heavy atom. The van der Waals surface area contributed by atoms with Gasteiger partial charge in [-0.2, -0.15) is 4.31 Å². The molecule has 4 rings (SSSR count). The number of anilines is 1. The van der Waals surface area contributed by atoms with Crippen molar-refractivity contribution in [2.75, 3.05) is 50.9 Å². The van der Waals surface area contributed by atoms with Gasteiger partial charge in [0.2, 0.25) is 10.0 Å². The second kappa shape index (κ2) is 9.85. The van der Waals surface area contributed by atoms with E-state index in [9.17, 15) is 18.5 Å². The summed E-state index contributed by atoms with van der Waals surface area (Å²) in [4.78, 5) is 13.2. The summed E-state index contributed by atoms with van der Waals surface area (Å²) in [6, 6.07) is 13.9. The number of benzene rings is 2. The smallest absolute Gasteiger partial charge is 0.293 e. The van der Waals surface area contributed by atoms with Gasteiger partial charge in [0.25, 0.3) is 5.69 Å². The lowest BCUT2D eigenvalue weighted by Crippen LogP contribution is -2.40. The van der Waals surface area contributed by atoms with Gasteiger partial charge in [0.05, 0.1) is 29.6 Å². The number of morpholine rings is 1. The van der Waals surface area contributed by atoms with E-state index < -0.39 is 14.9 Å². The summed E-state index contributed by atoms with van der Waals surface area (Å²) in [7, 11) is -3.79. The van der Waals surface area contributed by atoms with E-state index in [0.717, 1.165) is 18.6 Å². The zero-order chi connectivity index (χ0) is 22.6. The number of nitrogens with zero attached hydrogens (tertiary/aromatic N) is 3. The fourth-order valence-corrected chi connectivity index (χ4v) is 5.51. The number of hydrogen-bond donors (Lipinski definition) is 0. The van der Waals surface area contributed by atoms with E-state index in [1.807, 2.05) is 35.2 Å². The molecule has 2 aromatic carbocycles. The van der Waals surface area contributed by atoms with E-state index in [1.165, 1.54) is 16.4 Å². The van der Waals surface area contributed by atoms with Gasteiger partial charge in [-0.15, -0.1) is 0 Å². The maximum absolute atomic E-state index is 12.9. The van der Waals surface area contributed by atoms with Crippen LogP contribution in [0.4, 0.5) is 11.4 Å². The SMILES string of the molecule is O=[N+]([O-])c1cc(S(=O)(=O)N2CCOCC2)ccc1N1CCC(COc2ccccc2)CC1. The molecule has 0 bridgehead atoms. The van der Waals surface area contributed by atoms with Crippen molar-refractivity contribution < 1.29 is 22.8 Å². The third-order valence-corrected chi connectivity index (χ3v) is 7.83. The lowest BCUT2D eigenvalue weighted by Gasteiger charge is -2.33. The summed E-state index contributed by atoms with van der Waals surface area (Å²) in [6.45, 7) is 3.05. The van der Waals surface area contributed by atoms with E-state index in [2.05, 4.69) is 0 Å². The number of nitro benzene ring substituents is 1. The maximum Gasteiger partial charge on any atom is 0.293 e. The summed E-state index contributed by atoms with van der Waals surface area (Å²) in [5.41, 5.74) is 0.275. The Kier molecular flexibility index (Phi) is 6.92. The van der Waals surface area contributed by atoms with Crippen molar-refractivity contribution in [3.8, 4) is 5.75 Å². The van der Waals surface area contributed by atoms with Gasteiger partial charge >= 0.3 is 0 Å². The molecule has 2 aromatic rings. The third kappa shape index (κ3) is 5.03. The first-order chi connectivity index (χ1) is 15.4. The van der Waals surface area contributed by atoms with E-state index in [-0.39, 0.29) is 23.7 Å². The highest BCUT2D eigenvalue weighted by Gasteiger charge is 2.31. The third-order valence-electron chi connectivity index (χ3n) is 5.94. The second-order valence-corrected chi connectivity index (χ2v) is 9.92. The molecule has 0 aromatic heterocycles. The number of nitro groups is 1. The lowest BCUT2D eigenvalue weighted by molar-refractivity contribution is -0.384. The highest BCUT2D eigenvalue weighted by molar-refractivity contribution is 7.89. The predicted molar refractivity (Wildman–Crippen MR) is 120 cm³/mol. The van der Waals surface area contributed by atoms with Crippen LogP contribution in [0.1, 0.15) is 12.8 Å². The monoisotopic (exact) mass is 461 g/mol. The minimum atomic E-state index is -3.79. The number of ether oxygens (including phenoxy) is 2. The molecule has 2 heterocycles. The quantitative estimate of drug-likeness (QED) is 0.461. The van der Waals surface area contributed by atoms with Gasteiger partial charge < -0.3 is 14.4 Å². The molecule has 0 saturated carbocycles. The molecule has 9 nitrogen and oxygen atoms in total. The minimum Gasteiger partial charge on any atom is -0.493 e. The van der Waals surface area contributed by atoms with E-state index in [1.54, 1.807) is 6.07 Å². The van der Waals surface area contributed by atoms with Crippen LogP contribution in [-0.4, -0.2) is 63.6 Å². The van der Waals surface area contributed by atoms with Crippen LogP contribution in [0.2, 0.25) is 0 Å². The molecule has 2 aliphatic heterocycles. The van der Waals surface area contributed by atoms with Gasteiger partial charge in [-0.05, 0) is 43.0 Å². The molecule has 0 amide bonds. The van der Waals surface area contributed by atoms with Crippen LogP contribution in [0.15, 0.2) is 53.4 Å². The van der Waals surface area contributed by atoms with Gasteiger partial charge in [-0.25, -0.2) is 8.42 Å². The Morgan fingerprint density at radius 1 is 1.03 bits per heavy atom. The molecule has 0 spiro atoms. The average Bonchev–Trinajstić information content (AvgIpc) is 2.84. The van der Waals surface area contributed by atoms with Gasteiger partial charge in [0.15, 0.2) is 0 Å². The first kappa shape index (κ1) is 22.5. The topological polar surface area (TPSA) is 102 Å². The van der Waals surface area contributed by atoms with Crippen LogP contribution in [-0.2, 0) is 14.8 Å². The lowest BCUT2D eigenvalue weighted by atomic mass is 9.97. The van der Waals surface area contributed by atoms with Crippen LogP contribution in [0, 0.1) is 16.0 Å². The van der Waals surface area contributed by atoms with E-state index >= 15 is 0 Å². The summed E-state index contributed by atoms with van der Waals surface area (Å²) in [6.07, 6.45) is 1.69. The first-order valence-electron chi connectivity index (χ1n) is 10.7. The summed E-state index contributed by atoms with van der Waals surface area (Å²) < 4.78 is 38.2. The van der Waals surface area contributed by atoms with Crippen molar-refractivity contribution in [2.45, 2.75) is 17.7 Å². The van der Waals surface area contributed by atoms with Crippen molar-refractivity contribution in [1.29, 1.82) is 0 Å². The van der Waals surface area contributed by atoms with Crippen molar-refractivity contribution in [2.24, 2.45) is 5.92 Å².